The van der Waals surface area contributed by atoms with Crippen LogP contribution in [0.5, 0.6) is 0 Å². The summed E-state index contributed by atoms with van der Waals surface area (Å²) >= 11 is 0. The Morgan fingerprint density at radius 2 is 2.08 bits per heavy atom. The molecular formula is C10H7N2O. The maximum Gasteiger partial charge on any atom is 0.114 e. The van der Waals surface area contributed by atoms with E-state index in [0.717, 1.165) is 0 Å². The molecule has 0 atom stereocenters. The minimum absolute atomic E-state index is 0.445. The third-order valence-corrected chi connectivity index (χ3v) is 1.55. The van der Waals surface area contributed by atoms with E-state index in [-0.39, 0.29) is 0 Å². The predicted octanol–water partition coefficient (Wildman–Crippen LogP) is 1.59. The van der Waals surface area contributed by atoms with Gasteiger partial charge >= 0.3 is 0 Å². The van der Waals surface area contributed by atoms with E-state index in [4.69, 9.17) is 15.3 Å². The Bertz CT molecular complexity index is 385. The molecule has 0 fully saturated rings. The lowest BCUT2D eigenvalue weighted by atomic mass is 10.1. The Morgan fingerprint density at radius 1 is 1.31 bits per heavy atom. The van der Waals surface area contributed by atoms with E-state index in [2.05, 4.69) is 0 Å². The Labute approximate surface area is 76.8 Å². The van der Waals surface area contributed by atoms with Crippen LogP contribution in [0, 0.1) is 29.3 Å². The first kappa shape index (κ1) is 9.25. The molecule has 0 saturated heterocycles. The molecule has 3 heteroatoms. The van der Waals surface area contributed by atoms with Crippen LogP contribution in [0.25, 0.3) is 0 Å². The molecule has 0 bridgehead atoms. The molecule has 1 radical (unpaired) electrons. The van der Waals surface area contributed by atoms with Crippen LogP contribution in [0.4, 0.5) is 0 Å². The van der Waals surface area contributed by atoms with Gasteiger partial charge in [-0.25, -0.2) is 0 Å². The van der Waals surface area contributed by atoms with Gasteiger partial charge in [0.1, 0.15) is 6.61 Å². The standard InChI is InChI=1S/C10H7N2O/c1-13-7-9-3-2-8(5-11)4-10(9)6-12/h2-4,7H,1H3. The Kier molecular flexibility index (Phi) is 3.03. The molecule has 0 saturated carbocycles. The monoisotopic (exact) mass is 171 g/mol. The maximum atomic E-state index is 8.73. The zero-order valence-corrected chi connectivity index (χ0v) is 7.11. The Morgan fingerprint density at radius 3 is 2.62 bits per heavy atom. The average molecular weight is 171 g/mol. The molecule has 63 valence electrons. The summed E-state index contributed by atoms with van der Waals surface area (Å²) in [7, 11) is 1.51. The lowest BCUT2D eigenvalue weighted by molar-refractivity contribution is 0.292. The highest BCUT2D eigenvalue weighted by Gasteiger charge is 2.02. The van der Waals surface area contributed by atoms with Gasteiger partial charge in [-0.3, -0.25) is 0 Å². The molecule has 0 amide bonds. The number of hydrogen-bond acceptors (Lipinski definition) is 3. The van der Waals surface area contributed by atoms with Crippen molar-refractivity contribution in [1.29, 1.82) is 10.5 Å². The zero-order chi connectivity index (χ0) is 9.68. The van der Waals surface area contributed by atoms with Crippen molar-refractivity contribution in [1.82, 2.24) is 0 Å². The molecule has 0 aliphatic carbocycles. The quantitative estimate of drug-likeness (QED) is 0.678. The summed E-state index contributed by atoms with van der Waals surface area (Å²) in [5.74, 6) is 0. The highest BCUT2D eigenvalue weighted by molar-refractivity contribution is 5.46. The first-order chi connectivity index (χ1) is 6.31. The number of benzene rings is 1. The van der Waals surface area contributed by atoms with Gasteiger partial charge in [0, 0.05) is 12.7 Å². The second-order valence-corrected chi connectivity index (χ2v) is 2.38. The van der Waals surface area contributed by atoms with E-state index in [1.165, 1.54) is 19.8 Å². The fourth-order valence-electron chi connectivity index (χ4n) is 0.952. The van der Waals surface area contributed by atoms with Gasteiger partial charge in [-0.05, 0) is 12.1 Å². The molecule has 0 heterocycles. The van der Waals surface area contributed by atoms with Crippen molar-refractivity contribution in [3.05, 3.63) is 41.5 Å². The largest absolute Gasteiger partial charge is 0.374 e. The molecule has 0 aliphatic heterocycles. The lowest BCUT2D eigenvalue weighted by Crippen LogP contribution is -1.90. The van der Waals surface area contributed by atoms with E-state index in [1.807, 2.05) is 12.1 Å². The zero-order valence-electron chi connectivity index (χ0n) is 7.11. The van der Waals surface area contributed by atoms with Crippen LogP contribution in [0.3, 0.4) is 0 Å². The van der Waals surface area contributed by atoms with Crippen molar-refractivity contribution in [3.63, 3.8) is 0 Å². The van der Waals surface area contributed by atoms with Gasteiger partial charge in [0.2, 0.25) is 0 Å². The fraction of sp³-hybridized carbons (Fsp3) is 0.100. The van der Waals surface area contributed by atoms with E-state index in [9.17, 15) is 0 Å². The predicted molar refractivity (Wildman–Crippen MR) is 46.3 cm³/mol. The smallest absolute Gasteiger partial charge is 0.114 e. The maximum absolute atomic E-state index is 8.73. The first-order valence-electron chi connectivity index (χ1n) is 3.62. The SMILES string of the molecule is CO[CH]c1ccc(C#N)cc1C#N. The Balaban J connectivity index is 3.12. The average Bonchev–Trinajstić information content (AvgIpc) is 2.19. The molecule has 13 heavy (non-hydrogen) atoms. The van der Waals surface area contributed by atoms with Crippen molar-refractivity contribution in [2.24, 2.45) is 0 Å². The first-order valence-corrected chi connectivity index (χ1v) is 3.62. The van der Waals surface area contributed by atoms with Crippen molar-refractivity contribution in [2.75, 3.05) is 7.11 Å². The molecule has 1 aromatic carbocycles. The molecule has 0 N–H and O–H groups in total. The van der Waals surface area contributed by atoms with Gasteiger partial charge in [0.05, 0.1) is 23.3 Å². The molecule has 1 aromatic rings. The molecule has 3 nitrogen and oxygen atoms in total. The van der Waals surface area contributed by atoms with Gasteiger partial charge in [-0.1, -0.05) is 6.07 Å². The van der Waals surface area contributed by atoms with Gasteiger partial charge < -0.3 is 4.74 Å². The molecule has 1 rings (SSSR count). The second-order valence-electron chi connectivity index (χ2n) is 2.38. The van der Waals surface area contributed by atoms with Crippen LogP contribution in [0.15, 0.2) is 18.2 Å². The van der Waals surface area contributed by atoms with Crippen LogP contribution in [0.2, 0.25) is 0 Å². The van der Waals surface area contributed by atoms with E-state index in [0.29, 0.717) is 16.7 Å². The molecular weight excluding hydrogens is 164 g/mol. The number of hydrogen-bond donors (Lipinski definition) is 0. The summed E-state index contributed by atoms with van der Waals surface area (Å²) in [5, 5.41) is 17.3. The van der Waals surface area contributed by atoms with Gasteiger partial charge in [-0.15, -0.1) is 0 Å². The number of rotatable bonds is 2. The summed E-state index contributed by atoms with van der Waals surface area (Å²) in [5.41, 5.74) is 1.61. The second kappa shape index (κ2) is 4.25. The third kappa shape index (κ3) is 2.05. The third-order valence-electron chi connectivity index (χ3n) is 1.55. The van der Waals surface area contributed by atoms with Crippen LogP contribution in [-0.4, -0.2) is 7.11 Å². The molecule has 0 aromatic heterocycles. The summed E-state index contributed by atoms with van der Waals surface area (Å²) in [6.07, 6.45) is 0. The molecule has 0 aliphatic rings. The summed E-state index contributed by atoms with van der Waals surface area (Å²) in [6.45, 7) is 1.47. The highest BCUT2D eigenvalue weighted by atomic mass is 16.5. The minimum atomic E-state index is 0.445. The van der Waals surface area contributed by atoms with Crippen LogP contribution >= 0.6 is 0 Å². The van der Waals surface area contributed by atoms with E-state index in [1.54, 1.807) is 12.1 Å². The van der Waals surface area contributed by atoms with E-state index < -0.39 is 0 Å². The van der Waals surface area contributed by atoms with Crippen LogP contribution in [0.1, 0.15) is 16.7 Å². The van der Waals surface area contributed by atoms with Crippen molar-refractivity contribution in [3.8, 4) is 12.1 Å². The molecule has 0 spiro atoms. The molecule has 0 unspecified atom stereocenters. The fourth-order valence-corrected chi connectivity index (χ4v) is 0.952. The summed E-state index contributed by atoms with van der Waals surface area (Å²) < 4.78 is 4.78. The number of ether oxygens (including phenoxy) is 1. The highest BCUT2D eigenvalue weighted by Crippen LogP contribution is 2.12. The Hall–Kier alpha value is -1.84. The van der Waals surface area contributed by atoms with Crippen LogP contribution < -0.4 is 0 Å². The number of methoxy groups -OCH3 is 1. The minimum Gasteiger partial charge on any atom is -0.374 e. The lowest BCUT2D eigenvalue weighted by Gasteiger charge is -2.00. The normalized spacial score (nSPS) is 8.85. The topological polar surface area (TPSA) is 56.8 Å². The van der Waals surface area contributed by atoms with Crippen molar-refractivity contribution >= 4 is 0 Å². The number of nitriles is 2. The number of nitrogens with zero attached hydrogens (tertiary/aromatic N) is 2. The van der Waals surface area contributed by atoms with Gasteiger partial charge in [-0.2, -0.15) is 10.5 Å². The van der Waals surface area contributed by atoms with Gasteiger partial charge in [0.15, 0.2) is 0 Å². The van der Waals surface area contributed by atoms with Crippen molar-refractivity contribution < 1.29 is 4.74 Å². The van der Waals surface area contributed by atoms with E-state index >= 15 is 0 Å². The van der Waals surface area contributed by atoms with Crippen LogP contribution in [-0.2, 0) is 4.74 Å². The van der Waals surface area contributed by atoms with Crippen molar-refractivity contribution in [2.45, 2.75) is 0 Å². The summed E-state index contributed by atoms with van der Waals surface area (Å²) in [4.78, 5) is 0. The summed E-state index contributed by atoms with van der Waals surface area (Å²) in [6, 6.07) is 8.82. The van der Waals surface area contributed by atoms with Gasteiger partial charge in [0.25, 0.3) is 0 Å².